The maximum Gasteiger partial charge on any atom is 0.573 e. The number of sulfonamides is 1. The van der Waals surface area contributed by atoms with Gasteiger partial charge in [0.15, 0.2) is 5.78 Å². The van der Waals surface area contributed by atoms with Gasteiger partial charge in [0, 0.05) is 11.6 Å². The highest BCUT2D eigenvalue weighted by Crippen LogP contribution is 2.26. The fourth-order valence-electron chi connectivity index (χ4n) is 3.19. The molecule has 40 heavy (non-hydrogen) atoms. The van der Waals surface area contributed by atoms with E-state index in [0.717, 1.165) is 30.3 Å². The van der Waals surface area contributed by atoms with Gasteiger partial charge in [-0.3, -0.25) is 14.3 Å². The predicted octanol–water partition coefficient (Wildman–Crippen LogP) is 3.62. The molecule has 0 aliphatic heterocycles. The molecule has 1 amide bonds. The lowest BCUT2D eigenvalue weighted by molar-refractivity contribution is -0.274. The van der Waals surface area contributed by atoms with Gasteiger partial charge < -0.3 is 20.9 Å². The number of halogens is 3. The van der Waals surface area contributed by atoms with Gasteiger partial charge in [-0.15, -0.1) is 13.2 Å². The summed E-state index contributed by atoms with van der Waals surface area (Å²) in [6.07, 6.45) is -4.28. The van der Waals surface area contributed by atoms with Crippen molar-refractivity contribution in [3.05, 3.63) is 95.2 Å². The zero-order valence-electron chi connectivity index (χ0n) is 19.9. The smallest absolute Gasteiger partial charge is 0.478 e. The largest absolute Gasteiger partial charge is 0.573 e. The number of allylic oxidation sites excluding steroid dienone is 1. The molecular weight excluding hydrogens is 557 g/mol. The maximum atomic E-state index is 12.9. The molecular formula is C25H17F3N4O7S. The number of nitrogens with one attached hydrogen (secondary N) is 2. The highest BCUT2D eigenvalue weighted by atomic mass is 32.2. The summed E-state index contributed by atoms with van der Waals surface area (Å²) in [6, 6.07) is 13.8. The molecule has 206 valence electrons. The van der Waals surface area contributed by atoms with Gasteiger partial charge in [0.05, 0.1) is 33.5 Å². The summed E-state index contributed by atoms with van der Waals surface area (Å²) in [4.78, 5) is 36.4. The fraction of sp³-hybridized carbons (Fsp3) is 0.0400. The van der Waals surface area contributed by atoms with Crippen LogP contribution in [-0.2, 0) is 14.8 Å². The van der Waals surface area contributed by atoms with Crippen LogP contribution in [0.1, 0.15) is 26.3 Å². The van der Waals surface area contributed by atoms with Crippen LogP contribution >= 0.6 is 0 Å². The van der Waals surface area contributed by atoms with Crippen LogP contribution in [0.25, 0.3) is 0 Å². The van der Waals surface area contributed by atoms with E-state index in [0.29, 0.717) is 6.08 Å². The zero-order valence-corrected chi connectivity index (χ0v) is 20.7. The Labute approximate surface area is 224 Å². The quantitative estimate of drug-likeness (QED) is 0.218. The number of nitriles is 1. The molecule has 11 nitrogen and oxygen atoms in total. The highest BCUT2D eigenvalue weighted by Gasteiger charge is 2.31. The first-order valence-corrected chi connectivity index (χ1v) is 12.3. The number of carboxylic acid groups (broad SMARTS) is 1. The number of amides is 1. The molecule has 0 aromatic heterocycles. The van der Waals surface area contributed by atoms with Gasteiger partial charge in [0.25, 0.3) is 15.9 Å². The van der Waals surface area contributed by atoms with Crippen LogP contribution in [0.5, 0.6) is 5.75 Å². The molecule has 0 radical (unpaired) electrons. The average molecular weight is 574 g/mol. The molecule has 0 atom stereocenters. The zero-order chi connectivity index (χ0) is 29.7. The van der Waals surface area contributed by atoms with E-state index in [1.807, 2.05) is 0 Å². The lowest BCUT2D eigenvalue weighted by Crippen LogP contribution is -2.23. The van der Waals surface area contributed by atoms with Gasteiger partial charge in [0.1, 0.15) is 11.4 Å². The Morgan fingerprint density at radius 1 is 0.975 bits per heavy atom. The van der Waals surface area contributed by atoms with E-state index in [1.165, 1.54) is 36.4 Å². The van der Waals surface area contributed by atoms with Crippen LogP contribution in [0.3, 0.4) is 0 Å². The number of alkyl halides is 3. The van der Waals surface area contributed by atoms with Crippen LogP contribution in [0, 0.1) is 11.3 Å². The Bertz CT molecular complexity index is 1660. The van der Waals surface area contributed by atoms with Gasteiger partial charge in [0.2, 0.25) is 0 Å². The number of nitrogens with zero attached hydrogens (tertiary/aromatic N) is 1. The van der Waals surface area contributed by atoms with E-state index in [-0.39, 0.29) is 22.5 Å². The van der Waals surface area contributed by atoms with Crippen molar-refractivity contribution < 1.29 is 45.8 Å². The first-order chi connectivity index (χ1) is 18.7. The number of para-hydroxylation sites is 1. The number of carbonyl (C=O) groups is 3. The van der Waals surface area contributed by atoms with Crippen LogP contribution < -0.4 is 20.5 Å². The number of carboxylic acids is 1. The molecule has 0 aliphatic carbocycles. The molecule has 0 bridgehead atoms. The van der Waals surface area contributed by atoms with Gasteiger partial charge >= 0.3 is 12.3 Å². The predicted molar refractivity (Wildman–Crippen MR) is 134 cm³/mol. The van der Waals surface area contributed by atoms with Gasteiger partial charge in [-0.2, -0.15) is 5.26 Å². The highest BCUT2D eigenvalue weighted by molar-refractivity contribution is 7.92. The first-order valence-electron chi connectivity index (χ1n) is 10.8. The van der Waals surface area contributed by atoms with Crippen molar-refractivity contribution in [2.45, 2.75) is 11.3 Å². The maximum absolute atomic E-state index is 12.9. The number of hydrogen-bond acceptors (Lipinski definition) is 8. The monoisotopic (exact) mass is 574 g/mol. The number of benzene rings is 3. The van der Waals surface area contributed by atoms with Gasteiger partial charge in [-0.05, 0) is 54.6 Å². The number of hydrogen-bond donors (Lipinski definition) is 4. The number of ketones is 1. The molecule has 0 spiro atoms. The third-order valence-electron chi connectivity index (χ3n) is 4.98. The lowest BCUT2D eigenvalue weighted by Gasteiger charge is -2.13. The molecule has 3 rings (SSSR count). The van der Waals surface area contributed by atoms with Crippen molar-refractivity contribution in [3.8, 4) is 11.8 Å². The summed E-state index contributed by atoms with van der Waals surface area (Å²) in [5.41, 5.74) is 4.03. The molecule has 5 N–H and O–H groups in total. The molecule has 0 saturated carbocycles. The third kappa shape index (κ3) is 7.36. The van der Waals surface area contributed by atoms with E-state index in [1.54, 1.807) is 6.07 Å². The van der Waals surface area contributed by atoms with E-state index in [2.05, 4.69) is 14.8 Å². The molecule has 3 aromatic carbocycles. The number of carbonyl (C=O) groups excluding carboxylic acids is 2. The minimum atomic E-state index is -4.97. The molecule has 0 aliphatic rings. The van der Waals surface area contributed by atoms with E-state index < -0.39 is 56.0 Å². The minimum Gasteiger partial charge on any atom is -0.478 e. The Morgan fingerprint density at radius 3 is 2.23 bits per heavy atom. The van der Waals surface area contributed by atoms with Crippen LogP contribution in [0.15, 0.2) is 83.4 Å². The van der Waals surface area contributed by atoms with Gasteiger partial charge in [-0.1, -0.05) is 12.1 Å². The summed E-state index contributed by atoms with van der Waals surface area (Å²) in [7, 11) is -4.38. The topological polar surface area (TPSA) is 189 Å². The van der Waals surface area contributed by atoms with E-state index >= 15 is 0 Å². The summed E-state index contributed by atoms with van der Waals surface area (Å²) in [5.74, 6) is -4.04. The normalized spacial score (nSPS) is 11.7. The Balaban J connectivity index is 1.81. The number of anilines is 2. The fourth-order valence-corrected chi connectivity index (χ4v) is 4.27. The number of rotatable bonds is 9. The summed E-state index contributed by atoms with van der Waals surface area (Å²) in [6.45, 7) is 0. The van der Waals surface area contributed by atoms with Crippen LogP contribution in [0.4, 0.5) is 24.5 Å². The summed E-state index contributed by atoms with van der Waals surface area (Å²) in [5, 5.41) is 20.5. The standard InChI is InChI=1S/C25H17F3N4O7S/c26-25(27,28)39-15-6-8-16(9-7-15)40(37,38)32-21-4-2-1-3-17(21)22(33)12-19(30)23(34)31-20-10-5-14(13-29)11-18(20)24(35)36/h1-12,32H,30H2,(H,31,34)(H,35,36). The first kappa shape index (κ1) is 29.2. The van der Waals surface area contributed by atoms with Crippen LogP contribution in [-0.4, -0.2) is 37.5 Å². The molecule has 0 heterocycles. The van der Waals surface area contributed by atoms with Gasteiger partial charge in [-0.25, -0.2) is 13.2 Å². The lowest BCUT2D eigenvalue weighted by atomic mass is 10.1. The molecule has 3 aromatic rings. The van der Waals surface area contributed by atoms with Crippen molar-refractivity contribution in [2.75, 3.05) is 10.0 Å². The van der Waals surface area contributed by atoms with Crippen LogP contribution in [0.2, 0.25) is 0 Å². The molecule has 0 unspecified atom stereocenters. The third-order valence-corrected chi connectivity index (χ3v) is 6.36. The Morgan fingerprint density at radius 2 is 1.62 bits per heavy atom. The number of nitrogens with two attached hydrogens (primary N) is 1. The van der Waals surface area contributed by atoms with E-state index in [9.17, 15) is 41.1 Å². The van der Waals surface area contributed by atoms with E-state index in [4.69, 9.17) is 11.0 Å². The van der Waals surface area contributed by atoms with Crippen molar-refractivity contribution in [2.24, 2.45) is 5.73 Å². The summed E-state index contributed by atoms with van der Waals surface area (Å²) < 4.78 is 68.5. The van der Waals surface area contributed by atoms with Crippen molar-refractivity contribution in [1.82, 2.24) is 0 Å². The van der Waals surface area contributed by atoms with Crippen molar-refractivity contribution >= 4 is 39.1 Å². The van der Waals surface area contributed by atoms with Crippen molar-refractivity contribution in [1.29, 1.82) is 5.26 Å². The minimum absolute atomic E-state index is 0.0266. The second kappa shape index (κ2) is 11.6. The molecule has 0 saturated heterocycles. The Hall–Kier alpha value is -5.36. The second-order valence-electron chi connectivity index (χ2n) is 7.77. The second-order valence-corrected chi connectivity index (χ2v) is 9.45. The Kier molecular flexibility index (Phi) is 8.45. The number of ether oxygens (including phenoxy) is 1. The number of aromatic carboxylic acids is 1. The average Bonchev–Trinajstić information content (AvgIpc) is 2.88. The van der Waals surface area contributed by atoms with Crippen molar-refractivity contribution in [3.63, 3.8) is 0 Å². The summed E-state index contributed by atoms with van der Waals surface area (Å²) >= 11 is 0. The molecule has 15 heteroatoms. The molecule has 0 fully saturated rings. The SMILES string of the molecule is N#Cc1ccc(NC(=O)C(N)=CC(=O)c2ccccc2NS(=O)(=O)c2ccc(OC(F)(F)F)cc2)c(C(=O)O)c1.